The van der Waals surface area contributed by atoms with Gasteiger partial charge >= 0.3 is 0 Å². The van der Waals surface area contributed by atoms with Crippen LogP contribution >= 0.6 is 12.2 Å². The predicted molar refractivity (Wildman–Crippen MR) is 110 cm³/mol. The van der Waals surface area contributed by atoms with Gasteiger partial charge < -0.3 is 15.4 Å². The van der Waals surface area contributed by atoms with Gasteiger partial charge in [-0.05, 0) is 67.5 Å². The number of aromatic nitrogens is 1. The van der Waals surface area contributed by atoms with Crippen molar-refractivity contribution in [1.82, 2.24) is 10.3 Å². The molecule has 3 aromatic rings. The lowest BCUT2D eigenvalue weighted by atomic mass is 10.1. The van der Waals surface area contributed by atoms with Crippen LogP contribution in [0.5, 0.6) is 11.6 Å². The van der Waals surface area contributed by atoms with Crippen LogP contribution in [0.3, 0.4) is 0 Å². The summed E-state index contributed by atoms with van der Waals surface area (Å²) in [5.41, 5.74) is 4.08. The van der Waals surface area contributed by atoms with Crippen LogP contribution in [-0.4, -0.2) is 10.1 Å². The standard InChI is InChI=1S/C21H20FN3OS/c1-14-9-15(2)11-18(10-14)25-21(27)24-13-16-5-4-8-23-20(16)26-19-7-3-6-17(22)12-19/h3-12H,13H2,1-2H3,(H2,24,25,27). The summed E-state index contributed by atoms with van der Waals surface area (Å²) in [6.45, 7) is 4.51. The molecule has 0 amide bonds. The van der Waals surface area contributed by atoms with Gasteiger partial charge in [0.2, 0.25) is 5.88 Å². The highest BCUT2D eigenvalue weighted by Gasteiger charge is 2.08. The molecule has 0 spiro atoms. The fraction of sp³-hybridized carbons (Fsp3) is 0.143. The van der Waals surface area contributed by atoms with E-state index >= 15 is 0 Å². The molecular formula is C21H20FN3OS. The molecule has 0 aliphatic carbocycles. The van der Waals surface area contributed by atoms with E-state index in [0.717, 1.165) is 11.3 Å². The van der Waals surface area contributed by atoms with Crippen molar-refractivity contribution in [2.45, 2.75) is 20.4 Å². The molecule has 2 N–H and O–H groups in total. The number of hydrogen-bond acceptors (Lipinski definition) is 3. The average molecular weight is 381 g/mol. The van der Waals surface area contributed by atoms with Crippen LogP contribution in [0.1, 0.15) is 16.7 Å². The van der Waals surface area contributed by atoms with E-state index < -0.39 is 0 Å². The van der Waals surface area contributed by atoms with Gasteiger partial charge in [0.1, 0.15) is 11.6 Å². The molecule has 0 unspecified atom stereocenters. The number of rotatable bonds is 5. The van der Waals surface area contributed by atoms with E-state index in [1.54, 1.807) is 18.3 Å². The van der Waals surface area contributed by atoms with Crippen LogP contribution in [0.2, 0.25) is 0 Å². The molecule has 0 bridgehead atoms. The van der Waals surface area contributed by atoms with Gasteiger partial charge in [0.05, 0.1) is 0 Å². The molecule has 1 heterocycles. The molecule has 3 rings (SSSR count). The van der Waals surface area contributed by atoms with Gasteiger partial charge in [0, 0.05) is 30.1 Å². The molecule has 0 saturated heterocycles. The molecule has 2 aromatic carbocycles. The third-order valence-electron chi connectivity index (χ3n) is 3.78. The van der Waals surface area contributed by atoms with E-state index in [2.05, 4.69) is 21.7 Å². The van der Waals surface area contributed by atoms with E-state index in [4.69, 9.17) is 17.0 Å². The lowest BCUT2D eigenvalue weighted by molar-refractivity contribution is 0.451. The summed E-state index contributed by atoms with van der Waals surface area (Å²) in [5.74, 6) is 0.442. The van der Waals surface area contributed by atoms with Crippen molar-refractivity contribution in [3.63, 3.8) is 0 Å². The number of thiocarbonyl (C=S) groups is 1. The lowest BCUT2D eigenvalue weighted by Gasteiger charge is -2.14. The monoisotopic (exact) mass is 381 g/mol. The van der Waals surface area contributed by atoms with Gasteiger partial charge in [0.15, 0.2) is 5.11 Å². The highest BCUT2D eigenvalue weighted by atomic mass is 32.1. The normalized spacial score (nSPS) is 10.3. The first-order chi connectivity index (χ1) is 13.0. The molecule has 0 radical (unpaired) electrons. The maximum Gasteiger partial charge on any atom is 0.224 e. The fourth-order valence-corrected chi connectivity index (χ4v) is 2.88. The van der Waals surface area contributed by atoms with Crippen LogP contribution in [0.4, 0.5) is 10.1 Å². The summed E-state index contributed by atoms with van der Waals surface area (Å²) in [5, 5.41) is 6.83. The Morgan fingerprint density at radius 1 is 1.07 bits per heavy atom. The van der Waals surface area contributed by atoms with Crippen LogP contribution in [-0.2, 0) is 6.54 Å². The SMILES string of the molecule is Cc1cc(C)cc(NC(=S)NCc2cccnc2Oc2cccc(F)c2)c1. The molecule has 1 aromatic heterocycles. The number of nitrogens with one attached hydrogen (secondary N) is 2. The first kappa shape index (κ1) is 18.8. The zero-order valence-electron chi connectivity index (χ0n) is 15.1. The second-order valence-electron chi connectivity index (χ2n) is 6.21. The number of pyridine rings is 1. The Morgan fingerprint density at radius 3 is 2.59 bits per heavy atom. The summed E-state index contributed by atoms with van der Waals surface area (Å²) in [7, 11) is 0. The Kier molecular flexibility index (Phi) is 5.98. The van der Waals surface area contributed by atoms with Crippen molar-refractivity contribution in [1.29, 1.82) is 0 Å². The van der Waals surface area contributed by atoms with Gasteiger partial charge in [-0.1, -0.05) is 18.2 Å². The number of ether oxygens (including phenoxy) is 1. The highest BCUT2D eigenvalue weighted by Crippen LogP contribution is 2.23. The molecule has 0 aliphatic heterocycles. The number of hydrogen-bond donors (Lipinski definition) is 2. The van der Waals surface area contributed by atoms with Crippen molar-refractivity contribution in [2.75, 3.05) is 5.32 Å². The zero-order valence-corrected chi connectivity index (χ0v) is 15.9. The predicted octanol–water partition coefficient (Wildman–Crippen LogP) is 5.12. The quantitative estimate of drug-likeness (QED) is 0.601. The lowest BCUT2D eigenvalue weighted by Crippen LogP contribution is -2.28. The van der Waals surface area contributed by atoms with Crippen LogP contribution < -0.4 is 15.4 Å². The van der Waals surface area contributed by atoms with Gasteiger partial charge in [-0.15, -0.1) is 0 Å². The number of nitrogens with zero attached hydrogens (tertiary/aromatic N) is 1. The Morgan fingerprint density at radius 2 is 1.85 bits per heavy atom. The largest absolute Gasteiger partial charge is 0.439 e. The molecule has 138 valence electrons. The zero-order chi connectivity index (χ0) is 19.2. The number of anilines is 1. The molecule has 4 nitrogen and oxygen atoms in total. The number of aryl methyl sites for hydroxylation is 2. The minimum atomic E-state index is -0.359. The van der Waals surface area contributed by atoms with E-state index in [-0.39, 0.29) is 5.82 Å². The van der Waals surface area contributed by atoms with Crippen molar-refractivity contribution >= 4 is 23.0 Å². The van der Waals surface area contributed by atoms with E-state index in [1.165, 1.54) is 23.3 Å². The molecule has 27 heavy (non-hydrogen) atoms. The van der Waals surface area contributed by atoms with Crippen molar-refractivity contribution in [3.05, 3.63) is 83.3 Å². The minimum Gasteiger partial charge on any atom is -0.439 e. The summed E-state index contributed by atoms with van der Waals surface area (Å²) in [4.78, 5) is 4.24. The summed E-state index contributed by atoms with van der Waals surface area (Å²) < 4.78 is 19.1. The smallest absolute Gasteiger partial charge is 0.224 e. The van der Waals surface area contributed by atoms with E-state index in [0.29, 0.717) is 23.3 Å². The van der Waals surface area contributed by atoms with Crippen molar-refractivity contribution < 1.29 is 9.13 Å². The third-order valence-corrected chi connectivity index (χ3v) is 4.03. The maximum atomic E-state index is 13.3. The Balaban J connectivity index is 1.64. The Labute approximate surface area is 163 Å². The van der Waals surface area contributed by atoms with Gasteiger partial charge in [0.25, 0.3) is 0 Å². The first-order valence-corrected chi connectivity index (χ1v) is 8.91. The van der Waals surface area contributed by atoms with E-state index in [9.17, 15) is 4.39 Å². The fourth-order valence-electron chi connectivity index (χ4n) is 2.69. The summed E-state index contributed by atoms with van der Waals surface area (Å²) in [6, 6.07) is 15.8. The molecular weight excluding hydrogens is 361 g/mol. The topological polar surface area (TPSA) is 46.2 Å². The molecule has 0 saturated carbocycles. The average Bonchev–Trinajstić information content (AvgIpc) is 2.60. The minimum absolute atomic E-state index is 0.359. The molecule has 6 heteroatoms. The number of halogens is 1. The van der Waals surface area contributed by atoms with Gasteiger partial charge in [-0.2, -0.15) is 0 Å². The van der Waals surface area contributed by atoms with Gasteiger partial charge in [-0.3, -0.25) is 0 Å². The molecule has 0 atom stereocenters. The highest BCUT2D eigenvalue weighted by molar-refractivity contribution is 7.80. The van der Waals surface area contributed by atoms with Crippen LogP contribution in [0.15, 0.2) is 60.8 Å². The summed E-state index contributed by atoms with van der Waals surface area (Å²) in [6.07, 6.45) is 1.63. The Hall–Kier alpha value is -2.99. The number of benzene rings is 2. The third kappa shape index (κ3) is 5.49. The second-order valence-corrected chi connectivity index (χ2v) is 6.62. The van der Waals surface area contributed by atoms with E-state index in [1.807, 2.05) is 38.1 Å². The second kappa shape index (κ2) is 8.60. The van der Waals surface area contributed by atoms with Crippen molar-refractivity contribution in [3.8, 4) is 11.6 Å². The van der Waals surface area contributed by atoms with Crippen LogP contribution in [0, 0.1) is 19.7 Å². The van der Waals surface area contributed by atoms with Crippen LogP contribution in [0.25, 0.3) is 0 Å². The molecule has 0 fully saturated rings. The maximum absolute atomic E-state index is 13.3. The van der Waals surface area contributed by atoms with Gasteiger partial charge in [-0.25, -0.2) is 9.37 Å². The molecule has 0 aliphatic rings. The Bertz CT molecular complexity index is 941. The summed E-state index contributed by atoms with van der Waals surface area (Å²) >= 11 is 5.38. The first-order valence-electron chi connectivity index (χ1n) is 8.50. The van der Waals surface area contributed by atoms with Crippen molar-refractivity contribution in [2.24, 2.45) is 0 Å².